The second kappa shape index (κ2) is 6.53. The van der Waals surface area contributed by atoms with Crippen LogP contribution in [0.4, 0.5) is 0 Å². The van der Waals surface area contributed by atoms with E-state index in [0.717, 1.165) is 17.1 Å². The number of nitrogens with two attached hydrogens (primary N) is 1. The van der Waals surface area contributed by atoms with E-state index in [4.69, 9.17) is 22.1 Å². The van der Waals surface area contributed by atoms with E-state index in [0.29, 0.717) is 6.54 Å². The molecule has 0 amide bonds. The summed E-state index contributed by atoms with van der Waals surface area (Å²) < 4.78 is 5.44. The number of rotatable bonds is 6. The summed E-state index contributed by atoms with van der Waals surface area (Å²) in [7, 11) is 3.76. The molecule has 0 bridgehead atoms. The van der Waals surface area contributed by atoms with Crippen molar-refractivity contribution >= 4 is 11.6 Å². The Hall–Kier alpha value is -0.610. The second-order valence-corrected chi connectivity index (χ2v) is 5.29. The number of methoxy groups -OCH3 is 1. The molecule has 2 unspecified atom stereocenters. The fourth-order valence-electron chi connectivity index (χ4n) is 1.95. The number of nitrogens with zero attached hydrogens (tertiary/aromatic N) is 1. The highest BCUT2D eigenvalue weighted by atomic mass is 35.5. The largest absolute Gasteiger partial charge is 0.380 e. The first-order valence-corrected chi connectivity index (χ1v) is 6.51. The van der Waals surface area contributed by atoms with Gasteiger partial charge in [-0.1, -0.05) is 29.8 Å². The van der Waals surface area contributed by atoms with Crippen LogP contribution in [0.3, 0.4) is 0 Å². The Labute approximate surface area is 115 Å². The molecule has 0 saturated carbocycles. The van der Waals surface area contributed by atoms with Gasteiger partial charge in [-0.25, -0.2) is 0 Å². The van der Waals surface area contributed by atoms with Crippen LogP contribution in [-0.2, 0) is 11.3 Å². The topological polar surface area (TPSA) is 38.5 Å². The van der Waals surface area contributed by atoms with Crippen molar-refractivity contribution in [1.82, 2.24) is 4.90 Å². The van der Waals surface area contributed by atoms with E-state index < -0.39 is 0 Å². The van der Waals surface area contributed by atoms with Gasteiger partial charge in [0.05, 0.1) is 11.6 Å². The lowest BCUT2D eigenvalue weighted by molar-refractivity contribution is -0.0229. The fourth-order valence-corrected chi connectivity index (χ4v) is 2.14. The van der Waals surface area contributed by atoms with E-state index in [9.17, 15) is 0 Å². The van der Waals surface area contributed by atoms with E-state index in [-0.39, 0.29) is 11.6 Å². The first-order chi connectivity index (χ1) is 8.45. The highest BCUT2D eigenvalue weighted by molar-refractivity contribution is 6.31. The molecule has 0 spiro atoms. The van der Waals surface area contributed by atoms with Crippen LogP contribution in [-0.4, -0.2) is 37.2 Å². The number of hydrogen-bond donors (Lipinski definition) is 1. The van der Waals surface area contributed by atoms with Crippen LogP contribution in [0.2, 0.25) is 5.02 Å². The Bertz CT molecular complexity index is 386. The van der Waals surface area contributed by atoms with Gasteiger partial charge < -0.3 is 10.5 Å². The van der Waals surface area contributed by atoms with Gasteiger partial charge in [0.25, 0.3) is 0 Å². The van der Waals surface area contributed by atoms with E-state index in [1.54, 1.807) is 7.11 Å². The van der Waals surface area contributed by atoms with Crippen LogP contribution in [0.15, 0.2) is 24.3 Å². The zero-order valence-electron chi connectivity index (χ0n) is 11.6. The van der Waals surface area contributed by atoms with Gasteiger partial charge in [0, 0.05) is 25.2 Å². The Morgan fingerprint density at radius 1 is 1.44 bits per heavy atom. The minimum Gasteiger partial charge on any atom is -0.380 e. The molecule has 0 heterocycles. The van der Waals surface area contributed by atoms with Gasteiger partial charge in [0.1, 0.15) is 0 Å². The third-order valence-corrected chi connectivity index (χ3v) is 4.25. The third-order valence-electron chi connectivity index (χ3n) is 3.88. The van der Waals surface area contributed by atoms with Crippen LogP contribution in [0.25, 0.3) is 0 Å². The molecule has 0 fully saturated rings. The van der Waals surface area contributed by atoms with Gasteiger partial charge in [-0.2, -0.15) is 0 Å². The first-order valence-electron chi connectivity index (χ1n) is 6.13. The molecule has 18 heavy (non-hydrogen) atoms. The predicted octanol–water partition coefficient (Wildman–Crippen LogP) is 2.52. The van der Waals surface area contributed by atoms with Gasteiger partial charge >= 0.3 is 0 Å². The maximum absolute atomic E-state index is 6.19. The summed E-state index contributed by atoms with van der Waals surface area (Å²) in [4.78, 5) is 2.20. The maximum Gasteiger partial charge on any atom is 0.0736 e. The average Bonchev–Trinajstić information content (AvgIpc) is 2.39. The van der Waals surface area contributed by atoms with Crippen molar-refractivity contribution in [2.75, 3.05) is 20.7 Å². The average molecular weight is 271 g/mol. The van der Waals surface area contributed by atoms with E-state index in [1.165, 1.54) is 0 Å². The van der Waals surface area contributed by atoms with Gasteiger partial charge in [-0.15, -0.1) is 0 Å². The lowest BCUT2D eigenvalue weighted by Crippen LogP contribution is -2.57. The van der Waals surface area contributed by atoms with Crippen molar-refractivity contribution < 1.29 is 4.74 Å². The molecular formula is C14H23ClN2O. The number of benzene rings is 1. The predicted molar refractivity (Wildman–Crippen MR) is 76.8 cm³/mol. The summed E-state index contributed by atoms with van der Waals surface area (Å²) in [6, 6.07) is 7.87. The molecule has 0 aromatic heterocycles. The van der Waals surface area contributed by atoms with Gasteiger partial charge in [-0.05, 0) is 32.5 Å². The van der Waals surface area contributed by atoms with Gasteiger partial charge in [-0.3, -0.25) is 4.90 Å². The minimum atomic E-state index is -0.214. The Morgan fingerprint density at radius 3 is 2.56 bits per heavy atom. The molecule has 4 heteroatoms. The highest BCUT2D eigenvalue weighted by Gasteiger charge is 2.34. The van der Waals surface area contributed by atoms with Crippen LogP contribution in [0, 0.1) is 0 Å². The zero-order valence-corrected chi connectivity index (χ0v) is 12.4. The maximum atomic E-state index is 6.19. The molecule has 102 valence electrons. The number of ether oxygens (including phenoxy) is 1. The lowest BCUT2D eigenvalue weighted by atomic mass is 9.93. The van der Waals surface area contributed by atoms with Crippen molar-refractivity contribution in [2.24, 2.45) is 5.73 Å². The number of likely N-dealkylation sites (N-methyl/N-ethyl adjacent to an activating group) is 1. The Balaban J connectivity index is 2.86. The molecule has 0 aliphatic carbocycles. The molecule has 0 aliphatic heterocycles. The summed E-state index contributed by atoms with van der Waals surface area (Å²) in [6.45, 7) is 5.43. The van der Waals surface area contributed by atoms with E-state index >= 15 is 0 Å². The highest BCUT2D eigenvalue weighted by Crippen LogP contribution is 2.24. The van der Waals surface area contributed by atoms with Gasteiger partial charge in [0.15, 0.2) is 0 Å². The second-order valence-electron chi connectivity index (χ2n) is 4.89. The first kappa shape index (κ1) is 15.4. The molecule has 0 aliphatic rings. The summed E-state index contributed by atoms with van der Waals surface area (Å²) >= 11 is 6.19. The number of halogens is 1. The molecular weight excluding hydrogens is 248 g/mol. The quantitative estimate of drug-likeness (QED) is 0.863. The minimum absolute atomic E-state index is 0.0509. The van der Waals surface area contributed by atoms with Crippen molar-refractivity contribution in [3.8, 4) is 0 Å². The lowest BCUT2D eigenvalue weighted by Gasteiger charge is -2.42. The van der Waals surface area contributed by atoms with Crippen LogP contribution in [0.1, 0.15) is 19.4 Å². The standard InChI is InChI=1S/C14H23ClN2O/c1-11(18-4)14(2,10-16)17(3)9-12-7-5-6-8-13(12)15/h5-8,11H,9-10,16H2,1-4H3. The molecule has 1 aromatic rings. The van der Waals surface area contributed by atoms with Crippen molar-refractivity contribution in [2.45, 2.75) is 32.0 Å². The normalized spacial score (nSPS) is 16.6. The molecule has 1 rings (SSSR count). The molecule has 0 radical (unpaired) electrons. The van der Waals surface area contributed by atoms with Crippen LogP contribution >= 0.6 is 11.6 Å². The molecule has 2 atom stereocenters. The third kappa shape index (κ3) is 3.23. The fraction of sp³-hybridized carbons (Fsp3) is 0.571. The number of hydrogen-bond acceptors (Lipinski definition) is 3. The van der Waals surface area contributed by atoms with E-state index in [2.05, 4.69) is 11.8 Å². The Kier molecular flexibility index (Phi) is 5.60. The van der Waals surface area contributed by atoms with Crippen molar-refractivity contribution in [3.63, 3.8) is 0 Å². The smallest absolute Gasteiger partial charge is 0.0736 e. The molecule has 3 nitrogen and oxygen atoms in total. The summed E-state index contributed by atoms with van der Waals surface area (Å²) in [5, 5.41) is 0.786. The molecule has 1 aromatic carbocycles. The molecule has 2 N–H and O–H groups in total. The monoisotopic (exact) mass is 270 g/mol. The zero-order chi connectivity index (χ0) is 13.8. The summed E-state index contributed by atoms with van der Waals surface area (Å²) in [6.07, 6.45) is 0.0509. The summed E-state index contributed by atoms with van der Waals surface area (Å²) in [5.41, 5.74) is 6.81. The SMILES string of the molecule is COC(C)C(C)(CN)N(C)Cc1ccccc1Cl. The Morgan fingerprint density at radius 2 is 2.06 bits per heavy atom. The van der Waals surface area contributed by atoms with E-state index in [1.807, 2.05) is 38.2 Å². The summed E-state index contributed by atoms with van der Waals surface area (Å²) in [5.74, 6) is 0. The molecule has 0 saturated heterocycles. The van der Waals surface area contributed by atoms with Gasteiger partial charge in [0.2, 0.25) is 0 Å². The van der Waals surface area contributed by atoms with Crippen LogP contribution < -0.4 is 5.73 Å². The van der Waals surface area contributed by atoms with Crippen molar-refractivity contribution in [1.29, 1.82) is 0 Å². The van der Waals surface area contributed by atoms with Crippen molar-refractivity contribution in [3.05, 3.63) is 34.9 Å². The van der Waals surface area contributed by atoms with Crippen LogP contribution in [0.5, 0.6) is 0 Å².